The lowest BCUT2D eigenvalue weighted by Crippen LogP contribution is -2.61. The molecule has 0 aromatic rings. The van der Waals surface area contributed by atoms with Crippen LogP contribution in [0.1, 0.15) is 92.4 Å². The van der Waals surface area contributed by atoms with Gasteiger partial charge in [0, 0.05) is 0 Å². The molecule has 0 aromatic carbocycles. The van der Waals surface area contributed by atoms with Crippen LogP contribution in [0.5, 0.6) is 0 Å². The first kappa shape index (κ1) is 22.5. The van der Waals surface area contributed by atoms with Gasteiger partial charge in [-0.1, -0.05) is 47.5 Å². The molecule has 0 heterocycles. The maximum Gasteiger partial charge on any atom is 0.234 e. The molecule has 0 unspecified atom stereocenters. The highest BCUT2D eigenvalue weighted by Crippen LogP contribution is 2.69. The SMILES string of the molecule is CC[C@H]1[C@@H](O)[C@@H]2[C@H](CC[C@]3(C)[C@@H]([C@H](C)CCN=C=O)CC[C@@H]23)[C@@]2(C)CC[C@@H](C)C[C@@H]12. The molecule has 0 amide bonds. The van der Waals surface area contributed by atoms with Crippen molar-refractivity contribution in [2.24, 2.45) is 63.2 Å². The Morgan fingerprint density at radius 3 is 2.47 bits per heavy atom. The molecule has 0 aliphatic heterocycles. The van der Waals surface area contributed by atoms with Crippen LogP contribution in [0.15, 0.2) is 4.99 Å². The summed E-state index contributed by atoms with van der Waals surface area (Å²) in [5.74, 6) is 5.18. The van der Waals surface area contributed by atoms with Crippen LogP contribution in [0.4, 0.5) is 0 Å². The van der Waals surface area contributed by atoms with Crippen molar-refractivity contribution in [1.29, 1.82) is 0 Å². The van der Waals surface area contributed by atoms with Crippen molar-refractivity contribution in [2.45, 2.75) is 98.5 Å². The molecule has 4 saturated carbocycles. The number of aliphatic hydroxyl groups is 1. The Morgan fingerprint density at radius 1 is 1.07 bits per heavy atom. The number of rotatable bonds is 5. The van der Waals surface area contributed by atoms with Gasteiger partial charge >= 0.3 is 0 Å². The zero-order chi connectivity index (χ0) is 21.7. The van der Waals surface area contributed by atoms with E-state index in [1.165, 1.54) is 44.9 Å². The molecule has 0 aromatic heterocycles. The first-order chi connectivity index (χ1) is 14.3. The Labute approximate surface area is 184 Å². The molecule has 170 valence electrons. The van der Waals surface area contributed by atoms with Crippen molar-refractivity contribution in [3.8, 4) is 0 Å². The third-order valence-electron chi connectivity index (χ3n) is 11.2. The molecule has 0 bridgehead atoms. The van der Waals surface area contributed by atoms with Crippen LogP contribution in [0.25, 0.3) is 0 Å². The van der Waals surface area contributed by atoms with E-state index in [2.05, 4.69) is 39.6 Å². The van der Waals surface area contributed by atoms with Crippen LogP contribution in [0.3, 0.4) is 0 Å². The van der Waals surface area contributed by atoms with Gasteiger partial charge in [0.05, 0.1) is 12.6 Å². The van der Waals surface area contributed by atoms with E-state index in [0.29, 0.717) is 58.8 Å². The molecular formula is C27H45NO2. The predicted molar refractivity (Wildman–Crippen MR) is 122 cm³/mol. The lowest BCUT2D eigenvalue weighted by Gasteiger charge is -2.65. The Bertz CT molecular complexity index is 672. The number of isocyanates is 1. The summed E-state index contributed by atoms with van der Waals surface area (Å²) in [6.45, 7) is 12.9. The van der Waals surface area contributed by atoms with Crippen LogP contribution >= 0.6 is 0 Å². The number of hydrogen-bond donors (Lipinski definition) is 1. The van der Waals surface area contributed by atoms with Crippen LogP contribution < -0.4 is 0 Å². The third kappa shape index (κ3) is 3.34. The van der Waals surface area contributed by atoms with Gasteiger partial charge in [-0.25, -0.2) is 9.79 Å². The molecule has 4 fully saturated rings. The maximum atomic E-state index is 11.8. The second-order valence-corrected chi connectivity index (χ2v) is 12.3. The number of hydrogen-bond acceptors (Lipinski definition) is 3. The van der Waals surface area contributed by atoms with Crippen LogP contribution in [-0.4, -0.2) is 23.8 Å². The van der Waals surface area contributed by atoms with Crippen LogP contribution in [0, 0.1) is 58.2 Å². The molecular weight excluding hydrogens is 370 g/mol. The number of fused-ring (bicyclic) bond motifs is 5. The molecule has 4 aliphatic carbocycles. The fraction of sp³-hybridized carbons (Fsp3) is 0.963. The van der Waals surface area contributed by atoms with E-state index in [4.69, 9.17) is 0 Å². The second kappa shape index (κ2) is 8.36. The van der Waals surface area contributed by atoms with Crippen molar-refractivity contribution >= 4 is 6.08 Å². The van der Waals surface area contributed by atoms with E-state index >= 15 is 0 Å². The summed E-state index contributed by atoms with van der Waals surface area (Å²) in [6.07, 6.45) is 13.0. The largest absolute Gasteiger partial charge is 0.393 e. The third-order valence-corrected chi connectivity index (χ3v) is 11.2. The summed E-state index contributed by atoms with van der Waals surface area (Å²) in [6, 6.07) is 0. The number of aliphatic hydroxyl groups excluding tert-OH is 1. The molecule has 4 aliphatic rings. The van der Waals surface area contributed by atoms with Gasteiger partial charge in [0.15, 0.2) is 0 Å². The minimum Gasteiger partial charge on any atom is -0.393 e. The Kier molecular flexibility index (Phi) is 6.28. The van der Waals surface area contributed by atoms with Crippen LogP contribution in [0.2, 0.25) is 0 Å². The van der Waals surface area contributed by atoms with Gasteiger partial charge in [-0.05, 0) is 103 Å². The zero-order valence-electron chi connectivity index (χ0n) is 20.1. The summed E-state index contributed by atoms with van der Waals surface area (Å²) in [7, 11) is 0. The number of nitrogens with zero attached hydrogens (tertiary/aromatic N) is 1. The van der Waals surface area contributed by atoms with E-state index in [1.54, 1.807) is 6.08 Å². The van der Waals surface area contributed by atoms with Gasteiger partial charge in [-0.2, -0.15) is 0 Å². The van der Waals surface area contributed by atoms with Gasteiger partial charge in [-0.15, -0.1) is 0 Å². The van der Waals surface area contributed by atoms with Gasteiger partial charge in [0.1, 0.15) is 0 Å². The predicted octanol–water partition coefficient (Wildman–Crippen LogP) is 6.25. The molecule has 0 saturated heterocycles. The average molecular weight is 416 g/mol. The molecule has 3 nitrogen and oxygen atoms in total. The quantitative estimate of drug-likeness (QED) is 0.426. The van der Waals surface area contributed by atoms with Gasteiger partial charge in [-0.3, -0.25) is 0 Å². The topological polar surface area (TPSA) is 49.7 Å². The van der Waals surface area contributed by atoms with Crippen LogP contribution in [-0.2, 0) is 4.79 Å². The highest BCUT2D eigenvalue weighted by molar-refractivity contribution is 5.32. The Balaban J connectivity index is 1.61. The van der Waals surface area contributed by atoms with Crippen molar-refractivity contribution in [2.75, 3.05) is 6.54 Å². The van der Waals surface area contributed by atoms with Crippen molar-refractivity contribution in [1.82, 2.24) is 0 Å². The highest BCUT2D eigenvalue weighted by atomic mass is 16.3. The molecule has 30 heavy (non-hydrogen) atoms. The molecule has 0 radical (unpaired) electrons. The minimum absolute atomic E-state index is 0.110. The fourth-order valence-corrected chi connectivity index (χ4v) is 9.67. The first-order valence-corrected chi connectivity index (χ1v) is 13.0. The normalized spacial score (nSPS) is 51.3. The Hall–Kier alpha value is -0.660. The van der Waals surface area contributed by atoms with E-state index in [1.807, 2.05) is 0 Å². The summed E-state index contributed by atoms with van der Waals surface area (Å²) in [5.41, 5.74) is 0.774. The first-order valence-electron chi connectivity index (χ1n) is 13.0. The van der Waals surface area contributed by atoms with Crippen molar-refractivity contribution in [3.63, 3.8) is 0 Å². The van der Waals surface area contributed by atoms with Gasteiger partial charge in [0.2, 0.25) is 6.08 Å². The highest BCUT2D eigenvalue weighted by Gasteiger charge is 2.64. The van der Waals surface area contributed by atoms with E-state index in [-0.39, 0.29) is 6.10 Å². The van der Waals surface area contributed by atoms with E-state index in [0.717, 1.165) is 18.8 Å². The maximum absolute atomic E-state index is 11.8. The fourth-order valence-electron chi connectivity index (χ4n) is 9.67. The number of carbonyl (C=O) groups excluding carboxylic acids is 1. The van der Waals surface area contributed by atoms with E-state index in [9.17, 15) is 9.90 Å². The summed E-state index contributed by atoms with van der Waals surface area (Å²) < 4.78 is 0. The second-order valence-electron chi connectivity index (χ2n) is 12.3. The smallest absolute Gasteiger partial charge is 0.234 e. The summed E-state index contributed by atoms with van der Waals surface area (Å²) in [5, 5.41) is 11.8. The Morgan fingerprint density at radius 2 is 1.77 bits per heavy atom. The van der Waals surface area contributed by atoms with Gasteiger partial charge in [0.25, 0.3) is 0 Å². The minimum atomic E-state index is -0.110. The molecule has 1 N–H and O–H groups in total. The van der Waals surface area contributed by atoms with E-state index < -0.39 is 0 Å². The molecule has 0 spiro atoms. The average Bonchev–Trinajstić information content (AvgIpc) is 3.07. The molecule has 3 heteroatoms. The van der Waals surface area contributed by atoms with Crippen molar-refractivity contribution < 1.29 is 9.90 Å². The lowest BCUT2D eigenvalue weighted by atomic mass is 9.41. The summed E-state index contributed by atoms with van der Waals surface area (Å²) >= 11 is 0. The number of aliphatic imine (C=N–C) groups is 1. The standard InChI is InChI=1S/C27H45NO2/c1-6-19-23-15-17(2)9-12-27(23,5)22-10-13-26(4)20(18(3)11-14-28-16-29)7-8-21(26)24(22)25(19)30/h17-25,30H,6-15H2,1-5H3/t17-,18-,19-,20-,21+,22+,23+,24+,25-,26-,27-/m1/s1. The summed E-state index contributed by atoms with van der Waals surface area (Å²) in [4.78, 5) is 14.3. The monoisotopic (exact) mass is 415 g/mol. The zero-order valence-corrected chi connectivity index (χ0v) is 20.1. The lowest BCUT2D eigenvalue weighted by molar-refractivity contribution is -0.198. The van der Waals surface area contributed by atoms with Crippen molar-refractivity contribution in [3.05, 3.63) is 0 Å². The van der Waals surface area contributed by atoms with Gasteiger partial charge < -0.3 is 5.11 Å². The molecule has 11 atom stereocenters. The molecule has 4 rings (SSSR count).